The Morgan fingerprint density at radius 2 is 0.926 bits per heavy atom. The van der Waals surface area contributed by atoms with E-state index in [1.54, 1.807) is 0 Å². The highest BCUT2D eigenvalue weighted by Crippen LogP contribution is 2.55. The topological polar surface area (TPSA) is 0 Å². The Bertz CT molecular complexity index is 694. The molecule has 156 valence electrons. The lowest BCUT2D eigenvalue weighted by molar-refractivity contribution is -0.361. The minimum Gasteiger partial charge on any atom is -0.194 e. The van der Waals surface area contributed by atoms with Gasteiger partial charge in [-0.25, -0.2) is 0 Å². The molecule has 1 rings (SSSR count). The second kappa shape index (κ2) is 6.12. The molecule has 1 aromatic carbocycles. The minimum atomic E-state index is -6.88. The van der Waals surface area contributed by atoms with Crippen LogP contribution in [0.5, 0.6) is 0 Å². The van der Waals surface area contributed by atoms with Crippen LogP contribution in [0.2, 0.25) is 0 Å². The summed E-state index contributed by atoms with van der Waals surface area (Å²) < 4.78 is 179. The molecule has 0 aliphatic heterocycles. The Morgan fingerprint density at radius 1 is 0.556 bits per heavy atom. The lowest BCUT2D eigenvalue weighted by Crippen LogP contribution is -2.51. The average Bonchev–Trinajstić information content (AvgIpc) is 2.44. The standard InChI is InChI=1S/C13H6F14/c1-5-2-3-6(8(14,15)10(18,19)12(22,23)24)4-7(5)9(16,17)11(20,21)13(25,26)27/h2-4H,1H3. The summed E-state index contributed by atoms with van der Waals surface area (Å²) in [5.74, 6) is -26.1. The summed E-state index contributed by atoms with van der Waals surface area (Å²) in [5, 5.41) is 0. The van der Waals surface area contributed by atoms with Gasteiger partial charge in [-0.1, -0.05) is 12.1 Å². The minimum absolute atomic E-state index is 0.00854. The van der Waals surface area contributed by atoms with Crippen molar-refractivity contribution in [2.75, 3.05) is 0 Å². The van der Waals surface area contributed by atoms with Gasteiger partial charge in [0.15, 0.2) is 0 Å². The van der Waals surface area contributed by atoms with E-state index in [0.717, 1.165) is 0 Å². The van der Waals surface area contributed by atoms with E-state index in [0.29, 0.717) is 6.92 Å². The van der Waals surface area contributed by atoms with Crippen LogP contribution in [0.3, 0.4) is 0 Å². The monoisotopic (exact) mass is 428 g/mol. The van der Waals surface area contributed by atoms with Crippen LogP contribution in [0.4, 0.5) is 61.5 Å². The van der Waals surface area contributed by atoms with Gasteiger partial charge in [-0.2, -0.15) is 61.5 Å². The zero-order valence-electron chi connectivity index (χ0n) is 12.5. The summed E-state index contributed by atoms with van der Waals surface area (Å²) in [5.41, 5.74) is -6.19. The predicted molar refractivity (Wildman–Crippen MR) is 61.0 cm³/mol. The van der Waals surface area contributed by atoms with Gasteiger partial charge in [0.25, 0.3) is 0 Å². The Labute approximate surface area is 140 Å². The number of hydrogen-bond donors (Lipinski definition) is 0. The molecule has 0 aromatic heterocycles. The summed E-state index contributed by atoms with van der Waals surface area (Å²) in [6.07, 6.45) is -13.8. The molecule has 0 saturated heterocycles. The van der Waals surface area contributed by atoms with Gasteiger partial charge in [0.2, 0.25) is 0 Å². The van der Waals surface area contributed by atoms with Gasteiger partial charge < -0.3 is 0 Å². The first kappa shape index (κ1) is 23.3. The smallest absolute Gasteiger partial charge is 0.194 e. The fraction of sp³-hybridized carbons (Fsp3) is 0.538. The average molecular weight is 428 g/mol. The van der Waals surface area contributed by atoms with Crippen LogP contribution in [0.15, 0.2) is 18.2 Å². The second-order valence-electron chi connectivity index (χ2n) is 5.32. The molecule has 0 radical (unpaired) electrons. The van der Waals surface area contributed by atoms with E-state index in [1.165, 1.54) is 0 Å². The van der Waals surface area contributed by atoms with Crippen LogP contribution in [0.25, 0.3) is 0 Å². The summed E-state index contributed by atoms with van der Waals surface area (Å²) in [7, 11) is 0. The molecule has 0 heterocycles. The molecular formula is C13H6F14. The molecule has 0 aliphatic rings. The lowest BCUT2D eigenvalue weighted by atomic mass is 9.91. The molecule has 14 heteroatoms. The molecule has 0 atom stereocenters. The van der Waals surface area contributed by atoms with Crippen LogP contribution < -0.4 is 0 Å². The van der Waals surface area contributed by atoms with Gasteiger partial charge in [-0.15, -0.1) is 0 Å². The third kappa shape index (κ3) is 3.42. The fourth-order valence-corrected chi connectivity index (χ4v) is 1.86. The number of benzene rings is 1. The molecule has 0 amide bonds. The Morgan fingerprint density at radius 3 is 1.30 bits per heavy atom. The molecule has 1 aromatic rings. The van der Waals surface area contributed by atoms with Crippen LogP contribution in [-0.4, -0.2) is 24.2 Å². The number of rotatable bonds is 4. The van der Waals surface area contributed by atoms with Crippen LogP contribution in [0, 0.1) is 6.92 Å². The maximum Gasteiger partial charge on any atom is 0.460 e. The lowest BCUT2D eigenvalue weighted by Gasteiger charge is -2.31. The summed E-state index contributed by atoms with van der Waals surface area (Å²) in [4.78, 5) is 0. The molecule has 27 heavy (non-hydrogen) atoms. The van der Waals surface area contributed by atoms with Crippen LogP contribution >= 0.6 is 0 Å². The maximum absolute atomic E-state index is 13.7. The maximum atomic E-state index is 13.7. The van der Waals surface area contributed by atoms with Gasteiger partial charge in [0.1, 0.15) is 0 Å². The highest BCUT2D eigenvalue weighted by Gasteiger charge is 2.75. The molecule has 0 unspecified atom stereocenters. The van der Waals surface area contributed by atoms with E-state index in [4.69, 9.17) is 0 Å². The summed E-state index contributed by atoms with van der Waals surface area (Å²) in [6.45, 7) is 0.444. The highest BCUT2D eigenvalue weighted by atomic mass is 19.4. The van der Waals surface area contributed by atoms with E-state index in [1.807, 2.05) is 0 Å². The SMILES string of the molecule is Cc1ccc(C(F)(F)C(F)(F)C(F)(F)F)cc1C(F)(F)C(F)(F)C(F)(F)F. The van der Waals surface area contributed by atoms with Gasteiger partial charge in [0.05, 0.1) is 0 Å². The summed E-state index contributed by atoms with van der Waals surface area (Å²) in [6, 6.07) is -1.17. The second-order valence-corrected chi connectivity index (χ2v) is 5.32. The molecule has 0 bridgehead atoms. The number of aryl methyl sites for hydroxylation is 1. The predicted octanol–water partition coefficient (Wildman–Crippen LogP) is 6.57. The summed E-state index contributed by atoms with van der Waals surface area (Å²) >= 11 is 0. The first-order chi connectivity index (χ1) is 11.6. The Hall–Kier alpha value is -1.76. The zero-order valence-corrected chi connectivity index (χ0v) is 12.5. The van der Waals surface area contributed by atoms with Crippen molar-refractivity contribution in [2.24, 2.45) is 0 Å². The van der Waals surface area contributed by atoms with Crippen molar-refractivity contribution < 1.29 is 61.5 Å². The zero-order chi connectivity index (χ0) is 21.9. The number of alkyl halides is 14. The third-order valence-electron chi connectivity index (χ3n) is 3.44. The number of halogens is 14. The molecule has 0 saturated carbocycles. The van der Waals surface area contributed by atoms with Gasteiger partial charge >= 0.3 is 36.0 Å². The van der Waals surface area contributed by atoms with Crippen molar-refractivity contribution in [2.45, 2.75) is 43.0 Å². The van der Waals surface area contributed by atoms with Crippen LogP contribution in [0.1, 0.15) is 16.7 Å². The Balaban J connectivity index is 3.67. The van der Waals surface area contributed by atoms with Crippen molar-refractivity contribution in [1.29, 1.82) is 0 Å². The Kier molecular flexibility index (Phi) is 5.28. The van der Waals surface area contributed by atoms with E-state index in [2.05, 4.69) is 0 Å². The normalized spacial score (nSPS) is 15.2. The van der Waals surface area contributed by atoms with E-state index in [9.17, 15) is 61.5 Å². The molecule has 0 fully saturated rings. The third-order valence-corrected chi connectivity index (χ3v) is 3.44. The van der Waals surface area contributed by atoms with E-state index in [-0.39, 0.29) is 12.1 Å². The van der Waals surface area contributed by atoms with E-state index < -0.39 is 58.8 Å². The van der Waals surface area contributed by atoms with Gasteiger partial charge in [-0.05, 0) is 18.6 Å². The number of hydrogen-bond acceptors (Lipinski definition) is 0. The van der Waals surface area contributed by atoms with Gasteiger partial charge in [0, 0.05) is 11.1 Å². The van der Waals surface area contributed by atoms with Crippen molar-refractivity contribution in [3.63, 3.8) is 0 Å². The van der Waals surface area contributed by atoms with Crippen molar-refractivity contribution in [3.05, 3.63) is 34.9 Å². The van der Waals surface area contributed by atoms with E-state index >= 15 is 0 Å². The molecule has 0 aliphatic carbocycles. The first-order valence-electron chi connectivity index (χ1n) is 6.38. The highest BCUT2D eigenvalue weighted by molar-refractivity contribution is 5.38. The van der Waals surface area contributed by atoms with Crippen molar-refractivity contribution >= 4 is 0 Å². The largest absolute Gasteiger partial charge is 0.460 e. The van der Waals surface area contributed by atoms with Crippen molar-refractivity contribution in [3.8, 4) is 0 Å². The first-order valence-corrected chi connectivity index (χ1v) is 6.38. The van der Waals surface area contributed by atoms with Gasteiger partial charge in [-0.3, -0.25) is 0 Å². The fourth-order valence-electron chi connectivity index (χ4n) is 1.86. The van der Waals surface area contributed by atoms with Crippen molar-refractivity contribution in [1.82, 2.24) is 0 Å². The molecule has 0 spiro atoms. The molecule has 0 nitrogen and oxygen atoms in total. The molecule has 0 N–H and O–H groups in total. The van der Waals surface area contributed by atoms with Crippen LogP contribution in [-0.2, 0) is 11.8 Å². The quantitative estimate of drug-likeness (QED) is 0.476. The molecular weight excluding hydrogens is 422 g/mol.